The molecule has 1 aliphatic rings. The van der Waals surface area contributed by atoms with Crippen LogP contribution in [-0.2, 0) is 9.59 Å². The maximum Gasteiger partial charge on any atom is 0.243 e. The van der Waals surface area contributed by atoms with Crippen molar-refractivity contribution in [3.05, 3.63) is 0 Å². The minimum Gasteiger partial charge on any atom is -0.297 e. The van der Waals surface area contributed by atoms with Gasteiger partial charge < -0.3 is 0 Å². The van der Waals surface area contributed by atoms with Gasteiger partial charge in [0.15, 0.2) is 5.78 Å². The zero-order valence-corrected chi connectivity index (χ0v) is 16.1. The largest absolute Gasteiger partial charge is 0.297 e. The van der Waals surface area contributed by atoms with Crippen molar-refractivity contribution in [1.29, 1.82) is 0 Å². The molecule has 0 spiro atoms. The first-order chi connectivity index (χ1) is 11.0. The Bertz CT molecular complexity index is 442. The van der Waals surface area contributed by atoms with Gasteiger partial charge in [0.1, 0.15) is 0 Å². The van der Waals surface area contributed by atoms with E-state index in [-0.39, 0.29) is 40.9 Å². The van der Waals surface area contributed by atoms with Gasteiger partial charge in [-0.1, -0.05) is 41.5 Å². The van der Waals surface area contributed by atoms with Crippen molar-refractivity contribution in [2.24, 2.45) is 32.8 Å². The molecule has 0 unspecified atom stereocenters. The lowest BCUT2D eigenvalue weighted by atomic mass is 9.79. The van der Waals surface area contributed by atoms with Crippen molar-refractivity contribution in [3.8, 4) is 0 Å². The van der Waals surface area contributed by atoms with Crippen LogP contribution in [-0.4, -0.2) is 30.7 Å². The third-order valence-electron chi connectivity index (χ3n) is 3.91. The first-order valence-electron chi connectivity index (χ1n) is 8.86. The van der Waals surface area contributed by atoms with Crippen LogP contribution in [0.4, 0.5) is 0 Å². The number of Topliss-reactive ketones (excluding diaryl/α,β-unsaturated/α-hetero) is 1. The molecule has 1 aliphatic carbocycles. The summed E-state index contributed by atoms with van der Waals surface area (Å²) in [6.07, 6.45) is 6.62. The zero-order chi connectivity index (χ0) is 18.4. The summed E-state index contributed by atoms with van der Waals surface area (Å²) in [5.74, 6) is 0.167. The van der Waals surface area contributed by atoms with Gasteiger partial charge >= 0.3 is 0 Å². The van der Waals surface area contributed by atoms with E-state index in [1.807, 2.05) is 27.0 Å². The molecule has 1 fully saturated rings. The molecule has 0 aromatic heterocycles. The molecule has 0 saturated heterocycles. The Morgan fingerprint density at radius 3 is 1.92 bits per heavy atom. The molecular weight excluding hydrogens is 302 g/mol. The molecule has 0 bridgehead atoms. The lowest BCUT2D eigenvalue weighted by Gasteiger charge is -2.26. The number of nitrogens with one attached hydrogen (secondary N) is 1. The molecular formula is C19H33N3O2. The quantitative estimate of drug-likeness (QED) is 0.615. The van der Waals surface area contributed by atoms with E-state index in [1.54, 1.807) is 6.21 Å². The third kappa shape index (κ3) is 8.37. The van der Waals surface area contributed by atoms with Crippen LogP contribution in [0.1, 0.15) is 67.2 Å². The molecule has 1 saturated carbocycles. The number of hydrogen-bond acceptors (Lipinski definition) is 4. The molecule has 0 aromatic rings. The summed E-state index contributed by atoms with van der Waals surface area (Å²) in [5.41, 5.74) is 2.58. The van der Waals surface area contributed by atoms with Gasteiger partial charge in [0.25, 0.3) is 0 Å². The predicted molar refractivity (Wildman–Crippen MR) is 99.4 cm³/mol. The minimum absolute atomic E-state index is 0.00357. The van der Waals surface area contributed by atoms with Crippen LogP contribution in [0.5, 0.6) is 0 Å². The Labute approximate surface area is 146 Å². The highest BCUT2D eigenvalue weighted by atomic mass is 16.2. The lowest BCUT2D eigenvalue weighted by Crippen LogP contribution is -2.32. The van der Waals surface area contributed by atoms with Crippen LogP contribution in [0.2, 0.25) is 0 Å². The number of hydrazone groups is 1. The highest BCUT2D eigenvalue weighted by Crippen LogP contribution is 2.29. The molecule has 1 rings (SSSR count). The second-order valence-electron chi connectivity index (χ2n) is 8.95. The average molecular weight is 335 g/mol. The first-order valence-corrected chi connectivity index (χ1v) is 8.86. The van der Waals surface area contributed by atoms with Crippen molar-refractivity contribution >= 4 is 24.1 Å². The van der Waals surface area contributed by atoms with Crippen LogP contribution in [0.3, 0.4) is 0 Å². The maximum atomic E-state index is 12.2. The Balaban J connectivity index is 2.38. The van der Waals surface area contributed by atoms with Crippen molar-refractivity contribution in [2.75, 3.05) is 6.54 Å². The lowest BCUT2D eigenvalue weighted by molar-refractivity contribution is -0.129. The number of amides is 1. The summed E-state index contributed by atoms with van der Waals surface area (Å²) in [5, 5.41) is 4.02. The van der Waals surface area contributed by atoms with Crippen LogP contribution in [0.25, 0.3) is 0 Å². The number of hydrogen-bond donors (Lipinski definition) is 1. The van der Waals surface area contributed by atoms with Gasteiger partial charge in [-0.15, -0.1) is 0 Å². The zero-order valence-electron chi connectivity index (χ0n) is 16.1. The molecule has 136 valence electrons. The topological polar surface area (TPSA) is 70.9 Å². The molecule has 0 heterocycles. The number of carbonyl (C=O) groups is 2. The van der Waals surface area contributed by atoms with E-state index in [0.717, 1.165) is 25.7 Å². The van der Waals surface area contributed by atoms with Gasteiger partial charge in [0.2, 0.25) is 5.91 Å². The van der Waals surface area contributed by atoms with Gasteiger partial charge in [-0.25, -0.2) is 5.43 Å². The molecule has 5 nitrogen and oxygen atoms in total. The van der Waals surface area contributed by atoms with Gasteiger partial charge in [-0.3, -0.25) is 14.6 Å². The van der Waals surface area contributed by atoms with Crippen molar-refractivity contribution in [1.82, 2.24) is 5.43 Å². The number of carbonyl (C=O) groups excluding carboxylic acids is 2. The van der Waals surface area contributed by atoms with Crippen molar-refractivity contribution in [2.45, 2.75) is 67.2 Å². The summed E-state index contributed by atoms with van der Waals surface area (Å²) in [6, 6.07) is 0. The van der Waals surface area contributed by atoms with E-state index in [0.29, 0.717) is 0 Å². The standard InChI is InChI=1S/C19H33N3O2/c1-18(2,3)12-20-11-16(23)14-7-9-15(10-8-14)17(24)22-21-13-19(4,5)6/h12-15H,7-11H2,1-6H3,(H,22,24)/b20-12?,21-13+. The fourth-order valence-electron chi connectivity index (χ4n) is 2.60. The van der Waals surface area contributed by atoms with E-state index >= 15 is 0 Å². The van der Waals surface area contributed by atoms with Crippen LogP contribution in [0.15, 0.2) is 10.1 Å². The predicted octanol–water partition coefficient (Wildman–Crippen LogP) is 3.63. The SMILES string of the molecule is CC(C)(C)C=NCC(=O)C1CCC(C(=O)N/N=C/C(C)(C)C)CC1. The van der Waals surface area contributed by atoms with Crippen molar-refractivity contribution < 1.29 is 9.59 Å². The van der Waals surface area contributed by atoms with E-state index < -0.39 is 0 Å². The average Bonchev–Trinajstić information content (AvgIpc) is 2.44. The van der Waals surface area contributed by atoms with Gasteiger partial charge in [0.05, 0.1) is 6.54 Å². The molecule has 1 amide bonds. The van der Waals surface area contributed by atoms with E-state index in [1.165, 1.54) is 0 Å². The van der Waals surface area contributed by atoms with Crippen LogP contribution < -0.4 is 5.43 Å². The number of nitrogens with zero attached hydrogens (tertiary/aromatic N) is 2. The van der Waals surface area contributed by atoms with E-state index in [2.05, 4.69) is 36.3 Å². The Morgan fingerprint density at radius 2 is 1.42 bits per heavy atom. The third-order valence-corrected chi connectivity index (χ3v) is 3.91. The van der Waals surface area contributed by atoms with Gasteiger partial charge in [-0.2, -0.15) is 5.10 Å². The highest BCUT2D eigenvalue weighted by Gasteiger charge is 2.29. The molecule has 0 aliphatic heterocycles. The Kier molecular flexibility index (Phi) is 7.30. The Hall–Kier alpha value is -1.52. The summed E-state index contributed by atoms with van der Waals surface area (Å²) in [7, 11) is 0. The maximum absolute atomic E-state index is 12.2. The molecule has 24 heavy (non-hydrogen) atoms. The fourth-order valence-corrected chi connectivity index (χ4v) is 2.60. The highest BCUT2D eigenvalue weighted by molar-refractivity contribution is 5.85. The van der Waals surface area contributed by atoms with Gasteiger partial charge in [-0.05, 0) is 36.5 Å². The molecule has 0 atom stereocenters. The number of aliphatic imine (C=N–C) groups is 1. The van der Waals surface area contributed by atoms with Crippen molar-refractivity contribution in [3.63, 3.8) is 0 Å². The Morgan fingerprint density at radius 1 is 0.917 bits per heavy atom. The number of ketones is 1. The molecule has 5 heteroatoms. The second-order valence-corrected chi connectivity index (χ2v) is 8.95. The molecule has 0 radical (unpaired) electrons. The molecule has 1 N–H and O–H groups in total. The second kappa shape index (κ2) is 8.54. The summed E-state index contributed by atoms with van der Waals surface area (Å²) in [6.45, 7) is 12.5. The van der Waals surface area contributed by atoms with Gasteiger partial charge in [0, 0.05) is 24.3 Å². The van der Waals surface area contributed by atoms with Crippen LogP contribution in [0, 0.1) is 22.7 Å². The summed E-state index contributed by atoms with van der Waals surface area (Å²) < 4.78 is 0. The first kappa shape index (κ1) is 20.5. The normalized spacial score (nSPS) is 22.9. The van der Waals surface area contributed by atoms with Crippen LogP contribution >= 0.6 is 0 Å². The number of rotatable bonds is 5. The molecule has 0 aromatic carbocycles. The van der Waals surface area contributed by atoms with E-state index in [4.69, 9.17) is 0 Å². The summed E-state index contributed by atoms with van der Waals surface area (Å²) in [4.78, 5) is 28.6. The smallest absolute Gasteiger partial charge is 0.243 e. The fraction of sp³-hybridized carbons (Fsp3) is 0.789. The summed E-state index contributed by atoms with van der Waals surface area (Å²) >= 11 is 0. The monoisotopic (exact) mass is 335 g/mol. The van der Waals surface area contributed by atoms with E-state index in [9.17, 15) is 9.59 Å². The minimum atomic E-state index is -0.0507.